The van der Waals surface area contributed by atoms with Gasteiger partial charge in [0.25, 0.3) is 5.91 Å². The van der Waals surface area contributed by atoms with Gasteiger partial charge >= 0.3 is 0 Å². The normalized spacial score (nSPS) is 10.9. The molecule has 122 valence electrons. The number of benzene rings is 2. The summed E-state index contributed by atoms with van der Waals surface area (Å²) in [4.78, 5) is 12.2. The Labute approximate surface area is 154 Å². The molecule has 0 bridgehead atoms. The molecule has 0 aliphatic heterocycles. The number of nitriles is 1. The van der Waals surface area contributed by atoms with Crippen molar-refractivity contribution in [1.82, 2.24) is 0 Å². The summed E-state index contributed by atoms with van der Waals surface area (Å²) in [5.74, 6) is -0.589. The number of hydrogen-bond acceptors (Lipinski definition) is 3. The number of rotatable bonds is 4. The summed E-state index contributed by atoms with van der Waals surface area (Å²) in [5.41, 5.74) is 1.77. The van der Waals surface area contributed by atoms with Crippen molar-refractivity contribution < 1.29 is 4.79 Å². The number of carbonyl (C=O) groups excluding carboxylic acids is 1. The summed E-state index contributed by atoms with van der Waals surface area (Å²) in [5, 5.41) is 16.0. The van der Waals surface area contributed by atoms with Gasteiger partial charge in [-0.2, -0.15) is 5.26 Å². The number of halogens is 3. The van der Waals surface area contributed by atoms with Crippen LogP contribution in [0.3, 0.4) is 0 Å². The average molecular weight is 381 g/mol. The third kappa shape index (κ3) is 4.42. The van der Waals surface area contributed by atoms with Gasteiger partial charge in [-0.1, -0.05) is 40.9 Å². The van der Waals surface area contributed by atoms with Crippen LogP contribution in [-0.4, -0.2) is 5.91 Å². The van der Waals surface area contributed by atoms with Gasteiger partial charge in [0.1, 0.15) is 11.6 Å². The van der Waals surface area contributed by atoms with Crippen LogP contribution < -0.4 is 10.6 Å². The summed E-state index contributed by atoms with van der Waals surface area (Å²) >= 11 is 17.8. The highest BCUT2D eigenvalue weighted by Crippen LogP contribution is 2.26. The van der Waals surface area contributed by atoms with Crippen molar-refractivity contribution in [1.29, 1.82) is 5.26 Å². The van der Waals surface area contributed by atoms with Gasteiger partial charge in [-0.15, -0.1) is 0 Å². The first kappa shape index (κ1) is 18.2. The van der Waals surface area contributed by atoms with Crippen LogP contribution in [0.4, 0.5) is 11.4 Å². The molecule has 0 aliphatic rings. The van der Waals surface area contributed by atoms with E-state index in [4.69, 9.17) is 34.8 Å². The molecule has 0 aliphatic carbocycles. The highest BCUT2D eigenvalue weighted by Gasteiger charge is 2.12. The Balaban J connectivity index is 2.17. The zero-order chi connectivity index (χ0) is 17.7. The van der Waals surface area contributed by atoms with E-state index in [9.17, 15) is 10.1 Å². The number of hydrogen-bond donors (Lipinski definition) is 2. The largest absolute Gasteiger partial charge is 0.360 e. The van der Waals surface area contributed by atoms with Crippen molar-refractivity contribution in [3.05, 3.63) is 68.8 Å². The highest BCUT2D eigenvalue weighted by atomic mass is 35.5. The zero-order valence-electron chi connectivity index (χ0n) is 12.5. The van der Waals surface area contributed by atoms with Gasteiger partial charge in [0.2, 0.25) is 0 Å². The molecule has 4 nitrogen and oxygen atoms in total. The lowest BCUT2D eigenvalue weighted by molar-refractivity contribution is -0.112. The topological polar surface area (TPSA) is 64.9 Å². The maximum absolute atomic E-state index is 12.2. The molecule has 0 fully saturated rings. The molecule has 0 radical (unpaired) electrons. The predicted molar refractivity (Wildman–Crippen MR) is 98.6 cm³/mol. The molecule has 1 amide bonds. The second-order valence-electron chi connectivity index (χ2n) is 4.80. The molecule has 0 heterocycles. The lowest BCUT2D eigenvalue weighted by Gasteiger charge is -2.09. The van der Waals surface area contributed by atoms with Crippen LogP contribution in [0.2, 0.25) is 15.1 Å². The third-order valence-electron chi connectivity index (χ3n) is 3.18. The Hall–Kier alpha value is -2.19. The quantitative estimate of drug-likeness (QED) is 0.550. The molecule has 7 heteroatoms. The van der Waals surface area contributed by atoms with Crippen molar-refractivity contribution in [3.63, 3.8) is 0 Å². The number of nitrogens with zero attached hydrogens (tertiary/aromatic N) is 1. The van der Waals surface area contributed by atoms with Gasteiger partial charge in [0, 0.05) is 21.9 Å². The molecule has 0 saturated heterocycles. The number of anilines is 2. The van der Waals surface area contributed by atoms with Gasteiger partial charge in [-0.25, -0.2) is 0 Å². The fourth-order valence-electron chi connectivity index (χ4n) is 1.84. The van der Waals surface area contributed by atoms with Gasteiger partial charge < -0.3 is 10.6 Å². The van der Waals surface area contributed by atoms with E-state index < -0.39 is 5.91 Å². The standard InChI is InChI=1S/C17H12Cl3N3O/c1-10-13(19)3-2-4-15(10)22-9-11(8-21)17(24)23-16-6-5-12(18)7-14(16)20/h2-7,9,22H,1H3,(H,23,24)/b11-9-. The summed E-state index contributed by atoms with van der Waals surface area (Å²) in [6, 6.07) is 11.8. The Morgan fingerprint density at radius 2 is 1.88 bits per heavy atom. The van der Waals surface area contributed by atoms with Gasteiger partial charge in [-0.05, 0) is 42.8 Å². The van der Waals surface area contributed by atoms with Crippen molar-refractivity contribution in [2.45, 2.75) is 6.92 Å². The van der Waals surface area contributed by atoms with Crippen LogP contribution in [0.1, 0.15) is 5.56 Å². The molecule has 24 heavy (non-hydrogen) atoms. The van der Waals surface area contributed by atoms with Crippen LogP contribution in [0.25, 0.3) is 0 Å². The smallest absolute Gasteiger partial charge is 0.267 e. The molecular weight excluding hydrogens is 369 g/mol. The van der Waals surface area contributed by atoms with Crippen molar-refractivity contribution in [3.8, 4) is 6.07 Å². The Morgan fingerprint density at radius 1 is 1.12 bits per heavy atom. The number of amides is 1. The van der Waals surface area contributed by atoms with E-state index in [1.165, 1.54) is 12.3 Å². The van der Waals surface area contributed by atoms with E-state index in [1.807, 2.05) is 13.0 Å². The molecule has 2 aromatic carbocycles. The second kappa shape index (κ2) is 8.07. The molecule has 2 rings (SSSR count). The van der Waals surface area contributed by atoms with Crippen molar-refractivity contribution >= 4 is 52.1 Å². The first-order valence-corrected chi connectivity index (χ1v) is 7.94. The first-order valence-electron chi connectivity index (χ1n) is 6.80. The third-order valence-corrected chi connectivity index (χ3v) is 4.14. The van der Waals surface area contributed by atoms with Crippen molar-refractivity contribution in [2.75, 3.05) is 10.6 Å². The number of carbonyl (C=O) groups is 1. The maximum atomic E-state index is 12.2. The summed E-state index contributed by atoms with van der Waals surface area (Å²) in [6.07, 6.45) is 1.32. The van der Waals surface area contributed by atoms with E-state index in [0.717, 1.165) is 5.56 Å². The highest BCUT2D eigenvalue weighted by molar-refractivity contribution is 6.36. The molecule has 2 aromatic rings. The monoisotopic (exact) mass is 379 g/mol. The predicted octanol–water partition coefficient (Wildman–Crippen LogP) is 5.41. The lowest BCUT2D eigenvalue weighted by Crippen LogP contribution is -2.15. The summed E-state index contributed by atoms with van der Waals surface area (Å²) in [7, 11) is 0. The van der Waals surface area contributed by atoms with Crippen LogP contribution in [0.15, 0.2) is 48.2 Å². The van der Waals surface area contributed by atoms with Gasteiger partial charge in [-0.3, -0.25) is 4.79 Å². The average Bonchev–Trinajstić information content (AvgIpc) is 2.54. The van der Waals surface area contributed by atoms with E-state index >= 15 is 0 Å². The molecule has 2 N–H and O–H groups in total. The Kier molecular flexibility index (Phi) is 6.10. The van der Waals surface area contributed by atoms with E-state index in [0.29, 0.717) is 21.4 Å². The lowest BCUT2D eigenvalue weighted by atomic mass is 10.2. The molecule has 0 unspecified atom stereocenters. The minimum atomic E-state index is -0.589. The second-order valence-corrected chi connectivity index (χ2v) is 6.06. The fourth-order valence-corrected chi connectivity index (χ4v) is 2.47. The minimum absolute atomic E-state index is 0.111. The molecule has 0 saturated carbocycles. The van der Waals surface area contributed by atoms with Crippen LogP contribution >= 0.6 is 34.8 Å². The van der Waals surface area contributed by atoms with Gasteiger partial charge in [0.05, 0.1) is 10.7 Å². The zero-order valence-corrected chi connectivity index (χ0v) is 14.8. The van der Waals surface area contributed by atoms with Crippen LogP contribution in [0.5, 0.6) is 0 Å². The molecular formula is C17H12Cl3N3O. The molecule has 0 aromatic heterocycles. The minimum Gasteiger partial charge on any atom is -0.360 e. The molecule has 0 spiro atoms. The first-order chi connectivity index (χ1) is 11.4. The Bertz CT molecular complexity index is 857. The van der Waals surface area contributed by atoms with Crippen LogP contribution in [-0.2, 0) is 4.79 Å². The van der Waals surface area contributed by atoms with E-state index in [-0.39, 0.29) is 10.6 Å². The summed E-state index contributed by atoms with van der Waals surface area (Å²) < 4.78 is 0. The van der Waals surface area contributed by atoms with E-state index in [1.54, 1.807) is 30.3 Å². The fraction of sp³-hybridized carbons (Fsp3) is 0.0588. The van der Waals surface area contributed by atoms with Crippen LogP contribution in [0, 0.1) is 18.3 Å². The van der Waals surface area contributed by atoms with Gasteiger partial charge in [0.15, 0.2) is 0 Å². The van der Waals surface area contributed by atoms with E-state index in [2.05, 4.69) is 10.6 Å². The SMILES string of the molecule is Cc1c(Cl)cccc1N/C=C(/C#N)C(=O)Nc1ccc(Cl)cc1Cl. The maximum Gasteiger partial charge on any atom is 0.267 e. The Morgan fingerprint density at radius 3 is 2.54 bits per heavy atom. The molecule has 0 atom stereocenters. The number of nitrogens with one attached hydrogen (secondary N) is 2. The summed E-state index contributed by atoms with van der Waals surface area (Å²) in [6.45, 7) is 1.83. The van der Waals surface area contributed by atoms with Crippen molar-refractivity contribution in [2.24, 2.45) is 0 Å².